The average Bonchev–Trinajstić information content (AvgIpc) is 3.04. The highest BCUT2D eigenvalue weighted by molar-refractivity contribution is 8.00. The number of aromatic hydroxyl groups is 1. The van der Waals surface area contributed by atoms with Crippen molar-refractivity contribution in [3.05, 3.63) is 62.3 Å². The summed E-state index contributed by atoms with van der Waals surface area (Å²) in [4.78, 5) is 3.35. The van der Waals surface area contributed by atoms with Crippen LogP contribution in [0.5, 0.6) is 5.75 Å². The van der Waals surface area contributed by atoms with Crippen LogP contribution in [0.2, 0.25) is 10.0 Å². The molecule has 0 aliphatic heterocycles. The van der Waals surface area contributed by atoms with E-state index >= 15 is 0 Å². The Morgan fingerprint density at radius 2 is 1.60 bits per heavy atom. The van der Waals surface area contributed by atoms with E-state index < -0.39 is 61.1 Å². The number of phenolic OH excluding ortho intramolecular Hbond substituents is 1. The fourth-order valence-corrected chi connectivity index (χ4v) is 4.37. The van der Waals surface area contributed by atoms with E-state index in [0.29, 0.717) is 33.5 Å². The highest BCUT2D eigenvalue weighted by atomic mass is 35.5. The van der Waals surface area contributed by atoms with Gasteiger partial charge in [0.15, 0.2) is 11.5 Å². The smallest absolute Gasteiger partial charge is 0.446 e. The van der Waals surface area contributed by atoms with Gasteiger partial charge in [-0.1, -0.05) is 23.2 Å². The minimum absolute atomic E-state index is 0.0237. The monoisotopic (exact) mass is 552 g/mol. The quantitative estimate of drug-likeness (QED) is 0.204. The molecule has 1 N–H and O–H groups in total. The maximum absolute atomic E-state index is 13.3. The van der Waals surface area contributed by atoms with E-state index in [9.17, 15) is 36.7 Å². The van der Waals surface area contributed by atoms with Crippen LogP contribution in [0.1, 0.15) is 27.9 Å². The number of phenols is 1. The van der Waals surface area contributed by atoms with Crippen molar-refractivity contribution in [1.82, 2.24) is 9.78 Å². The van der Waals surface area contributed by atoms with Gasteiger partial charge < -0.3 is 5.11 Å². The molecule has 0 amide bonds. The van der Waals surface area contributed by atoms with Crippen LogP contribution < -0.4 is 0 Å². The van der Waals surface area contributed by atoms with Crippen molar-refractivity contribution in [2.75, 3.05) is 0 Å². The number of nitriles is 1. The Bertz CT molecular complexity index is 1330. The third-order valence-electron chi connectivity index (χ3n) is 4.55. The van der Waals surface area contributed by atoms with Crippen molar-refractivity contribution < 1.29 is 31.4 Å². The number of hydrogen-bond donors (Lipinski definition) is 1. The standard InChI is InChI=1S/C21H12Cl2F6N4OS/c1-9-3-11(4-10(2)17(9)34)8-31-19-18(35-21(27,28)29)15(7-30)32-33(19)16-13(22)5-12(6-14(16)23)20(24,25)26/h3-6,8,34H,1-2H3. The summed E-state index contributed by atoms with van der Waals surface area (Å²) in [5, 5.41) is 21.9. The van der Waals surface area contributed by atoms with Crippen LogP contribution in [-0.2, 0) is 6.18 Å². The summed E-state index contributed by atoms with van der Waals surface area (Å²) >= 11 is 11.4. The number of nitrogens with zero attached hydrogens (tertiary/aromatic N) is 4. The lowest BCUT2D eigenvalue weighted by molar-refractivity contribution is -0.137. The van der Waals surface area contributed by atoms with Crippen LogP contribution in [0, 0.1) is 25.2 Å². The van der Waals surface area contributed by atoms with Gasteiger partial charge >= 0.3 is 11.7 Å². The van der Waals surface area contributed by atoms with E-state index in [-0.39, 0.29) is 5.75 Å². The second-order valence-electron chi connectivity index (χ2n) is 7.12. The van der Waals surface area contributed by atoms with Crippen molar-refractivity contribution >= 4 is 47.0 Å². The van der Waals surface area contributed by atoms with Gasteiger partial charge in [0, 0.05) is 6.21 Å². The molecular weight excluding hydrogens is 541 g/mol. The van der Waals surface area contributed by atoms with E-state index in [0.717, 1.165) is 6.21 Å². The predicted octanol–water partition coefficient (Wildman–Crippen LogP) is 7.75. The third kappa shape index (κ3) is 5.86. The molecule has 5 nitrogen and oxygen atoms in total. The minimum atomic E-state index is -4.84. The number of rotatable bonds is 4. The van der Waals surface area contributed by atoms with Crippen LogP contribution in [0.15, 0.2) is 34.2 Å². The molecule has 0 fully saturated rings. The number of aromatic nitrogens is 2. The highest BCUT2D eigenvalue weighted by Gasteiger charge is 2.36. The van der Waals surface area contributed by atoms with Gasteiger partial charge in [0.25, 0.3) is 0 Å². The van der Waals surface area contributed by atoms with Crippen LogP contribution >= 0.6 is 35.0 Å². The number of aliphatic imine (C=N–C) groups is 1. The molecule has 0 unspecified atom stereocenters. The lowest BCUT2D eigenvalue weighted by Gasteiger charge is -2.13. The van der Waals surface area contributed by atoms with Crippen LogP contribution in [0.4, 0.5) is 32.2 Å². The zero-order valence-electron chi connectivity index (χ0n) is 17.6. The first-order valence-electron chi connectivity index (χ1n) is 9.32. The first kappa shape index (κ1) is 26.7. The molecule has 1 aromatic heterocycles. The van der Waals surface area contributed by atoms with Gasteiger partial charge in [0.1, 0.15) is 17.5 Å². The molecule has 0 bridgehead atoms. The summed E-state index contributed by atoms with van der Waals surface area (Å²) in [6.45, 7) is 3.20. The third-order valence-corrected chi connectivity index (χ3v) is 5.94. The van der Waals surface area contributed by atoms with Crippen molar-refractivity contribution in [1.29, 1.82) is 5.26 Å². The Labute approximate surface area is 208 Å². The molecule has 3 rings (SSSR count). The topological polar surface area (TPSA) is 74.2 Å². The van der Waals surface area contributed by atoms with Gasteiger partial charge in [-0.15, -0.1) is 0 Å². The average molecular weight is 553 g/mol. The Morgan fingerprint density at radius 1 is 1.06 bits per heavy atom. The van der Waals surface area contributed by atoms with E-state index in [1.54, 1.807) is 13.8 Å². The molecule has 184 valence electrons. The first-order valence-corrected chi connectivity index (χ1v) is 10.9. The summed E-state index contributed by atoms with van der Waals surface area (Å²) in [6, 6.07) is 5.60. The first-order chi connectivity index (χ1) is 16.1. The second-order valence-corrected chi connectivity index (χ2v) is 9.01. The summed E-state index contributed by atoms with van der Waals surface area (Å²) < 4.78 is 79.8. The molecule has 0 radical (unpaired) electrons. The molecule has 14 heteroatoms. The number of benzene rings is 2. The van der Waals surface area contributed by atoms with Gasteiger partial charge in [0.05, 0.1) is 20.5 Å². The van der Waals surface area contributed by atoms with Crippen LogP contribution in [-0.4, -0.2) is 26.6 Å². The number of hydrogen-bond acceptors (Lipinski definition) is 5. The fourth-order valence-electron chi connectivity index (χ4n) is 3.08. The Balaban J connectivity index is 2.28. The summed E-state index contributed by atoms with van der Waals surface area (Å²) in [5.74, 6) is -0.508. The SMILES string of the molecule is Cc1cc(C=Nc2c(SC(F)(F)F)c(C#N)nn2-c2c(Cl)cc(C(F)(F)F)cc2Cl)cc(C)c1O. The van der Waals surface area contributed by atoms with Crippen molar-refractivity contribution in [2.24, 2.45) is 4.99 Å². The molecular formula is C21H12Cl2F6N4OS. The van der Waals surface area contributed by atoms with Gasteiger partial charge in [0.2, 0.25) is 0 Å². The lowest BCUT2D eigenvalue weighted by atomic mass is 10.1. The van der Waals surface area contributed by atoms with E-state index in [4.69, 9.17) is 23.2 Å². The van der Waals surface area contributed by atoms with Gasteiger partial charge in [-0.25, -0.2) is 9.67 Å². The molecule has 0 saturated carbocycles. The minimum Gasteiger partial charge on any atom is -0.507 e. The molecule has 0 aliphatic rings. The maximum atomic E-state index is 13.3. The largest absolute Gasteiger partial charge is 0.507 e. The van der Waals surface area contributed by atoms with Gasteiger partial charge in [-0.2, -0.15) is 36.7 Å². The fraction of sp³-hybridized carbons (Fsp3) is 0.190. The molecule has 0 atom stereocenters. The van der Waals surface area contributed by atoms with Crippen molar-refractivity contribution in [3.8, 4) is 17.5 Å². The molecule has 3 aromatic rings. The highest BCUT2D eigenvalue weighted by Crippen LogP contribution is 2.46. The Hall–Kier alpha value is -2.88. The zero-order chi connectivity index (χ0) is 26.3. The molecule has 35 heavy (non-hydrogen) atoms. The molecule has 0 aliphatic carbocycles. The van der Waals surface area contributed by atoms with Gasteiger partial charge in [-0.3, -0.25) is 0 Å². The normalized spacial score (nSPS) is 12.4. The van der Waals surface area contributed by atoms with E-state index in [1.165, 1.54) is 18.2 Å². The van der Waals surface area contributed by atoms with Crippen LogP contribution in [0.3, 0.4) is 0 Å². The maximum Gasteiger partial charge on any atom is 0.446 e. The molecule has 1 heterocycles. The Kier molecular flexibility index (Phi) is 7.36. The Morgan fingerprint density at radius 3 is 2.06 bits per heavy atom. The number of thioether (sulfide) groups is 1. The lowest BCUT2D eigenvalue weighted by Crippen LogP contribution is -2.07. The van der Waals surface area contributed by atoms with Crippen LogP contribution in [0.25, 0.3) is 5.69 Å². The van der Waals surface area contributed by atoms with Crippen molar-refractivity contribution in [2.45, 2.75) is 30.4 Å². The summed E-state index contributed by atoms with van der Waals surface area (Å²) in [7, 11) is 0. The number of alkyl halides is 6. The number of aryl methyl sites for hydroxylation is 2. The summed E-state index contributed by atoms with van der Waals surface area (Å²) in [6.07, 6.45) is -3.64. The molecule has 2 aromatic carbocycles. The predicted molar refractivity (Wildman–Crippen MR) is 120 cm³/mol. The molecule has 0 spiro atoms. The summed E-state index contributed by atoms with van der Waals surface area (Å²) in [5.41, 5.74) is -5.79. The van der Waals surface area contributed by atoms with E-state index in [1.807, 2.05) is 0 Å². The van der Waals surface area contributed by atoms with E-state index in [2.05, 4.69) is 10.1 Å². The van der Waals surface area contributed by atoms with Crippen molar-refractivity contribution in [3.63, 3.8) is 0 Å². The van der Waals surface area contributed by atoms with Gasteiger partial charge in [-0.05, 0) is 66.6 Å². The molecule has 0 saturated heterocycles. The zero-order valence-corrected chi connectivity index (χ0v) is 19.9. The number of halogens is 8. The second kappa shape index (κ2) is 9.64.